The van der Waals surface area contributed by atoms with Gasteiger partial charge >= 0.3 is 6.09 Å². The normalized spacial score (nSPS) is 17.2. The van der Waals surface area contributed by atoms with Gasteiger partial charge in [0.15, 0.2) is 0 Å². The van der Waals surface area contributed by atoms with E-state index in [1.165, 1.54) is 17.6 Å². The molecule has 0 bridgehead atoms. The number of nitrogens with one attached hydrogen (secondary N) is 1. The van der Waals surface area contributed by atoms with Crippen LogP contribution in [-0.4, -0.2) is 39.3 Å². The third kappa shape index (κ3) is 5.01. The van der Waals surface area contributed by atoms with E-state index >= 15 is 0 Å². The number of amides is 3. The molecule has 2 heterocycles. The van der Waals surface area contributed by atoms with Crippen LogP contribution in [-0.2, 0) is 25.7 Å². The number of carbonyl (C=O) groups excluding carboxylic acids is 4. The fraction of sp³-hybridized carbons (Fsp3) is 0.259. The number of hydrogen-bond acceptors (Lipinski definition) is 5. The van der Waals surface area contributed by atoms with Gasteiger partial charge in [-0.3, -0.25) is 23.9 Å². The summed E-state index contributed by atoms with van der Waals surface area (Å²) in [7, 11) is 0. The molecule has 1 fully saturated rings. The summed E-state index contributed by atoms with van der Waals surface area (Å²) in [5.74, 6) is -1.36. The number of nitrogens with zero attached hydrogens (tertiary/aromatic N) is 2. The highest BCUT2D eigenvalue weighted by Crippen LogP contribution is 2.26. The van der Waals surface area contributed by atoms with Crippen LogP contribution in [0, 0.1) is 5.92 Å². The van der Waals surface area contributed by atoms with Crippen LogP contribution in [0.1, 0.15) is 38.3 Å². The number of piperazine rings is 1. The number of hydrogen-bond donors (Lipinski definition) is 1. The van der Waals surface area contributed by atoms with Crippen molar-refractivity contribution in [2.75, 3.05) is 0 Å². The van der Waals surface area contributed by atoms with Gasteiger partial charge in [-0.2, -0.15) is 0 Å². The SMILES string of the molecule is CC(=O)N1C(=O)C(=Cc2cn(C(=O)OCc3ccccc3)c3ccccc23)NC(=O)[C@@H]1CC(C)C. The monoisotopic (exact) mass is 473 g/mol. The van der Waals surface area contributed by atoms with Gasteiger partial charge in [0.2, 0.25) is 11.8 Å². The van der Waals surface area contributed by atoms with Crippen molar-refractivity contribution in [2.24, 2.45) is 5.92 Å². The van der Waals surface area contributed by atoms with Crippen molar-refractivity contribution >= 4 is 40.8 Å². The Bertz CT molecular complexity index is 1320. The van der Waals surface area contributed by atoms with Gasteiger partial charge in [0, 0.05) is 24.1 Å². The molecule has 180 valence electrons. The molecule has 1 N–H and O–H groups in total. The lowest BCUT2D eigenvalue weighted by Gasteiger charge is -2.34. The van der Waals surface area contributed by atoms with Crippen LogP contribution in [0.25, 0.3) is 17.0 Å². The summed E-state index contributed by atoms with van der Waals surface area (Å²) in [6.07, 6.45) is 2.85. The maximum Gasteiger partial charge on any atom is 0.418 e. The Hall–Kier alpha value is -4.20. The molecule has 8 nitrogen and oxygen atoms in total. The first-order valence-electron chi connectivity index (χ1n) is 11.4. The Morgan fingerprint density at radius 1 is 1.06 bits per heavy atom. The van der Waals surface area contributed by atoms with Crippen LogP contribution in [0.15, 0.2) is 66.5 Å². The van der Waals surface area contributed by atoms with E-state index in [0.717, 1.165) is 10.5 Å². The van der Waals surface area contributed by atoms with Crippen LogP contribution in [0.2, 0.25) is 0 Å². The molecule has 0 spiro atoms. The highest BCUT2D eigenvalue weighted by atomic mass is 16.5. The van der Waals surface area contributed by atoms with Gasteiger partial charge in [-0.15, -0.1) is 0 Å². The summed E-state index contributed by atoms with van der Waals surface area (Å²) in [5.41, 5.74) is 1.96. The standard InChI is InChI=1S/C27H27N3O5/c1-17(2)13-24-25(32)28-22(26(33)30(24)18(3)31)14-20-15-29(23-12-8-7-11-21(20)23)27(34)35-16-19-9-5-4-6-10-19/h4-12,14-15,17,24H,13,16H2,1-3H3,(H,28,32)/t24-/m0/s1. The highest BCUT2D eigenvalue weighted by Gasteiger charge is 2.40. The minimum atomic E-state index is -0.855. The predicted molar refractivity (Wildman–Crippen MR) is 131 cm³/mol. The minimum absolute atomic E-state index is 0.0224. The Labute approximate surface area is 203 Å². The second-order valence-electron chi connectivity index (χ2n) is 8.90. The molecule has 0 aliphatic carbocycles. The second-order valence-corrected chi connectivity index (χ2v) is 8.90. The lowest BCUT2D eigenvalue weighted by atomic mass is 9.98. The van der Waals surface area contributed by atoms with Gasteiger partial charge in [0.1, 0.15) is 18.3 Å². The molecule has 1 saturated heterocycles. The van der Waals surface area contributed by atoms with Gasteiger partial charge in [0.05, 0.1) is 5.52 Å². The van der Waals surface area contributed by atoms with E-state index in [-0.39, 0.29) is 18.2 Å². The van der Waals surface area contributed by atoms with Gasteiger partial charge in [-0.1, -0.05) is 62.4 Å². The number of rotatable bonds is 5. The molecule has 1 aromatic heterocycles. The minimum Gasteiger partial charge on any atom is -0.444 e. The van der Waals surface area contributed by atoms with Crippen molar-refractivity contribution in [3.05, 3.63) is 77.6 Å². The van der Waals surface area contributed by atoms with Gasteiger partial charge in [-0.05, 0) is 30.0 Å². The number of carbonyl (C=O) groups is 4. The quantitative estimate of drug-likeness (QED) is 0.563. The third-order valence-corrected chi connectivity index (χ3v) is 5.80. The zero-order chi connectivity index (χ0) is 25.1. The van der Waals surface area contributed by atoms with Gasteiger partial charge < -0.3 is 10.1 Å². The second kappa shape index (κ2) is 9.97. The lowest BCUT2D eigenvalue weighted by molar-refractivity contribution is -0.152. The largest absolute Gasteiger partial charge is 0.444 e. The first-order chi connectivity index (χ1) is 16.8. The summed E-state index contributed by atoms with van der Waals surface area (Å²) >= 11 is 0. The van der Waals surface area contributed by atoms with Crippen LogP contribution < -0.4 is 5.32 Å². The van der Waals surface area contributed by atoms with Crippen LogP contribution in [0.4, 0.5) is 4.79 Å². The Balaban J connectivity index is 1.67. The molecule has 3 amide bonds. The molecule has 1 atom stereocenters. The van der Waals surface area contributed by atoms with E-state index in [4.69, 9.17) is 4.74 Å². The maximum atomic E-state index is 13.2. The molecule has 0 unspecified atom stereocenters. The van der Waals surface area contributed by atoms with Gasteiger partial charge in [-0.25, -0.2) is 4.79 Å². The van der Waals surface area contributed by atoms with Crippen molar-refractivity contribution in [3.63, 3.8) is 0 Å². The van der Waals surface area contributed by atoms with E-state index < -0.39 is 29.9 Å². The first kappa shape index (κ1) is 23.9. The zero-order valence-electron chi connectivity index (χ0n) is 19.9. The van der Waals surface area contributed by atoms with Crippen molar-refractivity contribution in [3.8, 4) is 0 Å². The summed E-state index contributed by atoms with van der Waals surface area (Å²) in [4.78, 5) is 52.1. The average Bonchev–Trinajstić information content (AvgIpc) is 3.19. The maximum absolute atomic E-state index is 13.2. The number of benzene rings is 2. The molecule has 1 aliphatic rings. The molecule has 1 aliphatic heterocycles. The summed E-state index contributed by atoms with van der Waals surface area (Å²) in [5, 5.41) is 3.35. The Morgan fingerprint density at radius 3 is 2.43 bits per heavy atom. The number of aromatic nitrogens is 1. The van der Waals surface area contributed by atoms with Crippen molar-refractivity contribution in [1.29, 1.82) is 0 Å². The fourth-order valence-electron chi connectivity index (χ4n) is 4.19. The number of para-hydroxylation sites is 1. The molecule has 35 heavy (non-hydrogen) atoms. The topological polar surface area (TPSA) is 97.7 Å². The Morgan fingerprint density at radius 2 is 1.74 bits per heavy atom. The van der Waals surface area contributed by atoms with E-state index in [1.54, 1.807) is 18.3 Å². The first-order valence-corrected chi connectivity index (χ1v) is 11.4. The fourth-order valence-corrected chi connectivity index (χ4v) is 4.19. The predicted octanol–water partition coefficient (Wildman–Crippen LogP) is 4.09. The van der Waals surface area contributed by atoms with Crippen molar-refractivity contribution in [1.82, 2.24) is 14.8 Å². The van der Waals surface area contributed by atoms with E-state index in [1.807, 2.05) is 56.3 Å². The van der Waals surface area contributed by atoms with Crippen LogP contribution in [0.5, 0.6) is 0 Å². The lowest BCUT2D eigenvalue weighted by Crippen LogP contribution is -2.58. The van der Waals surface area contributed by atoms with Crippen LogP contribution in [0.3, 0.4) is 0 Å². The van der Waals surface area contributed by atoms with Gasteiger partial charge in [0.25, 0.3) is 5.91 Å². The molecular formula is C27H27N3O5. The molecule has 3 aromatic rings. The molecule has 4 rings (SSSR count). The van der Waals surface area contributed by atoms with Crippen molar-refractivity contribution in [2.45, 2.75) is 39.8 Å². The average molecular weight is 474 g/mol. The smallest absolute Gasteiger partial charge is 0.418 e. The molecule has 0 saturated carbocycles. The highest BCUT2D eigenvalue weighted by molar-refractivity contribution is 6.14. The number of fused-ring (bicyclic) bond motifs is 1. The third-order valence-electron chi connectivity index (χ3n) is 5.80. The summed E-state index contributed by atoms with van der Waals surface area (Å²) < 4.78 is 6.84. The molecule has 0 radical (unpaired) electrons. The number of ether oxygens (including phenoxy) is 1. The Kier molecular flexibility index (Phi) is 6.82. The van der Waals surface area contributed by atoms with Crippen molar-refractivity contribution < 1.29 is 23.9 Å². The number of imide groups is 1. The molecular weight excluding hydrogens is 446 g/mol. The summed E-state index contributed by atoms with van der Waals surface area (Å²) in [6, 6.07) is 15.7. The summed E-state index contributed by atoms with van der Waals surface area (Å²) in [6.45, 7) is 5.23. The molecule has 8 heteroatoms. The zero-order valence-corrected chi connectivity index (χ0v) is 19.9. The van der Waals surface area contributed by atoms with E-state index in [2.05, 4.69) is 5.32 Å². The van der Waals surface area contributed by atoms with E-state index in [0.29, 0.717) is 22.9 Å². The molecule has 2 aromatic carbocycles. The van der Waals surface area contributed by atoms with Crippen LogP contribution >= 0.6 is 0 Å². The van der Waals surface area contributed by atoms with E-state index in [9.17, 15) is 19.2 Å².